The number of aryl methyl sites for hydroxylation is 1. The van der Waals surface area contributed by atoms with E-state index in [9.17, 15) is 4.79 Å². The topological polar surface area (TPSA) is 80.9 Å². The van der Waals surface area contributed by atoms with Crippen LogP contribution in [-0.2, 0) is 6.42 Å². The van der Waals surface area contributed by atoms with Gasteiger partial charge in [-0.25, -0.2) is 9.97 Å². The highest BCUT2D eigenvalue weighted by atomic mass is 16.1. The maximum atomic E-state index is 12.7. The molecule has 0 radical (unpaired) electrons. The largest absolute Gasteiger partial charge is 0.368 e. The number of nitrogens with zero attached hydrogens (tertiary/aromatic N) is 2. The summed E-state index contributed by atoms with van der Waals surface area (Å²) in [5.74, 6) is 0.181. The van der Waals surface area contributed by atoms with Gasteiger partial charge >= 0.3 is 0 Å². The van der Waals surface area contributed by atoms with Crippen molar-refractivity contribution in [1.29, 1.82) is 0 Å². The fraction of sp³-hybridized carbons (Fsp3) is 0.190. The maximum absolute atomic E-state index is 12.7. The summed E-state index contributed by atoms with van der Waals surface area (Å²) < 4.78 is 0. The summed E-state index contributed by atoms with van der Waals surface area (Å²) in [5.41, 5.74) is 10.5. The van der Waals surface area contributed by atoms with Crippen LogP contribution in [0.15, 0.2) is 60.8 Å². The number of fused-ring (bicyclic) bond motifs is 1. The summed E-state index contributed by atoms with van der Waals surface area (Å²) in [6, 6.07) is 17.6. The third-order valence-electron chi connectivity index (χ3n) is 4.79. The van der Waals surface area contributed by atoms with Crippen molar-refractivity contribution in [1.82, 2.24) is 15.3 Å². The highest BCUT2D eigenvalue weighted by Gasteiger charge is 2.21. The zero-order valence-corrected chi connectivity index (χ0v) is 14.4. The molecule has 4 rings (SSSR count). The molecule has 0 aliphatic heterocycles. The van der Waals surface area contributed by atoms with Crippen molar-refractivity contribution in [2.45, 2.75) is 25.3 Å². The van der Waals surface area contributed by atoms with E-state index >= 15 is 0 Å². The fourth-order valence-corrected chi connectivity index (χ4v) is 3.47. The smallest absolute Gasteiger partial charge is 0.251 e. The molecule has 130 valence electrons. The standard InChI is InChI=1S/C21H20N4O/c22-21-23-13-12-18(25-21)15-8-10-16(11-9-15)20(26)24-19-7-3-5-14-4-1-2-6-17(14)19/h1-2,4,6,8-13,19H,3,5,7H2,(H,24,26)(H2,22,23,25). The van der Waals surface area contributed by atoms with E-state index < -0.39 is 0 Å². The maximum Gasteiger partial charge on any atom is 0.251 e. The van der Waals surface area contributed by atoms with Gasteiger partial charge in [0.15, 0.2) is 0 Å². The van der Waals surface area contributed by atoms with Gasteiger partial charge in [-0.05, 0) is 48.6 Å². The molecule has 1 amide bonds. The predicted molar refractivity (Wildman–Crippen MR) is 101 cm³/mol. The van der Waals surface area contributed by atoms with E-state index in [4.69, 9.17) is 5.73 Å². The highest BCUT2D eigenvalue weighted by Crippen LogP contribution is 2.29. The van der Waals surface area contributed by atoms with Gasteiger partial charge in [0.2, 0.25) is 5.95 Å². The van der Waals surface area contributed by atoms with E-state index in [-0.39, 0.29) is 17.9 Å². The number of nitrogens with one attached hydrogen (secondary N) is 1. The summed E-state index contributed by atoms with van der Waals surface area (Å²) in [5, 5.41) is 3.18. The lowest BCUT2D eigenvalue weighted by molar-refractivity contribution is 0.0933. The van der Waals surface area contributed by atoms with Crippen LogP contribution in [0.25, 0.3) is 11.3 Å². The average molecular weight is 344 g/mol. The molecule has 5 nitrogen and oxygen atoms in total. The molecule has 5 heteroatoms. The number of amides is 1. The lowest BCUT2D eigenvalue weighted by Crippen LogP contribution is -2.30. The molecule has 0 saturated carbocycles. The summed E-state index contributed by atoms with van der Waals surface area (Å²) in [4.78, 5) is 20.8. The van der Waals surface area contributed by atoms with E-state index in [0.29, 0.717) is 5.56 Å². The van der Waals surface area contributed by atoms with Gasteiger partial charge in [0.1, 0.15) is 0 Å². The monoisotopic (exact) mass is 344 g/mol. The highest BCUT2D eigenvalue weighted by molar-refractivity contribution is 5.95. The van der Waals surface area contributed by atoms with Crippen LogP contribution in [0.5, 0.6) is 0 Å². The zero-order chi connectivity index (χ0) is 17.9. The minimum absolute atomic E-state index is 0.0551. The number of aromatic nitrogens is 2. The van der Waals surface area contributed by atoms with Crippen molar-refractivity contribution in [2.24, 2.45) is 0 Å². The molecule has 3 aromatic rings. The molecule has 0 bridgehead atoms. The minimum Gasteiger partial charge on any atom is -0.368 e. The molecule has 1 atom stereocenters. The molecule has 26 heavy (non-hydrogen) atoms. The summed E-state index contributed by atoms with van der Waals surface area (Å²) in [7, 11) is 0. The van der Waals surface area contributed by atoms with Crippen LogP contribution in [0.2, 0.25) is 0 Å². The van der Waals surface area contributed by atoms with Crippen LogP contribution < -0.4 is 11.1 Å². The van der Waals surface area contributed by atoms with Crippen LogP contribution in [-0.4, -0.2) is 15.9 Å². The summed E-state index contributed by atoms with van der Waals surface area (Å²) in [6.07, 6.45) is 4.77. The number of nitrogen functional groups attached to an aromatic ring is 1. The van der Waals surface area contributed by atoms with Crippen molar-refractivity contribution in [2.75, 3.05) is 5.73 Å². The van der Waals surface area contributed by atoms with Gasteiger partial charge in [0.25, 0.3) is 5.91 Å². The van der Waals surface area contributed by atoms with E-state index in [0.717, 1.165) is 30.5 Å². The molecule has 1 aromatic heterocycles. The first-order valence-corrected chi connectivity index (χ1v) is 8.78. The van der Waals surface area contributed by atoms with Crippen molar-refractivity contribution < 1.29 is 4.79 Å². The Morgan fingerprint density at radius 3 is 2.69 bits per heavy atom. The molecule has 0 saturated heterocycles. The Bertz CT molecular complexity index is 937. The van der Waals surface area contributed by atoms with Gasteiger partial charge in [-0.2, -0.15) is 0 Å². The summed E-state index contributed by atoms with van der Waals surface area (Å²) in [6.45, 7) is 0. The van der Waals surface area contributed by atoms with Gasteiger partial charge in [-0.1, -0.05) is 36.4 Å². The molecule has 0 spiro atoms. The lowest BCUT2D eigenvalue weighted by atomic mass is 9.87. The van der Waals surface area contributed by atoms with Crippen LogP contribution in [0.4, 0.5) is 5.95 Å². The number of nitrogens with two attached hydrogens (primary N) is 1. The molecule has 0 fully saturated rings. The Morgan fingerprint density at radius 2 is 1.88 bits per heavy atom. The Balaban J connectivity index is 1.51. The quantitative estimate of drug-likeness (QED) is 0.761. The Kier molecular flexibility index (Phi) is 4.35. The van der Waals surface area contributed by atoms with Crippen LogP contribution >= 0.6 is 0 Å². The van der Waals surface area contributed by atoms with E-state index in [1.807, 2.05) is 30.3 Å². The molecule has 2 aromatic carbocycles. The first-order valence-electron chi connectivity index (χ1n) is 8.78. The van der Waals surface area contributed by atoms with E-state index in [1.165, 1.54) is 11.1 Å². The van der Waals surface area contributed by atoms with Crippen molar-refractivity contribution in [3.63, 3.8) is 0 Å². The number of benzene rings is 2. The van der Waals surface area contributed by atoms with Gasteiger partial charge < -0.3 is 11.1 Å². The fourth-order valence-electron chi connectivity index (χ4n) is 3.47. The van der Waals surface area contributed by atoms with Crippen LogP contribution in [0.1, 0.15) is 40.4 Å². The average Bonchev–Trinajstić information content (AvgIpc) is 2.68. The molecule has 1 aliphatic carbocycles. The zero-order valence-electron chi connectivity index (χ0n) is 14.4. The first kappa shape index (κ1) is 16.3. The van der Waals surface area contributed by atoms with Gasteiger partial charge in [0.05, 0.1) is 11.7 Å². The Hall–Kier alpha value is -3.21. The van der Waals surface area contributed by atoms with Gasteiger partial charge in [-0.3, -0.25) is 4.79 Å². The molecule has 3 N–H and O–H groups in total. The second-order valence-corrected chi connectivity index (χ2v) is 6.49. The number of anilines is 1. The van der Waals surface area contributed by atoms with Crippen LogP contribution in [0.3, 0.4) is 0 Å². The van der Waals surface area contributed by atoms with Crippen molar-refractivity contribution in [3.8, 4) is 11.3 Å². The molecule has 1 heterocycles. The predicted octanol–water partition coefficient (Wildman–Crippen LogP) is 3.53. The van der Waals surface area contributed by atoms with Crippen molar-refractivity contribution >= 4 is 11.9 Å². The van der Waals surface area contributed by atoms with Crippen molar-refractivity contribution in [3.05, 3.63) is 77.5 Å². The molecule has 1 unspecified atom stereocenters. The number of rotatable bonds is 3. The van der Waals surface area contributed by atoms with Crippen LogP contribution in [0, 0.1) is 0 Å². The second-order valence-electron chi connectivity index (χ2n) is 6.49. The number of carbonyl (C=O) groups excluding carboxylic acids is 1. The molecular formula is C21H20N4O. The van der Waals surface area contributed by atoms with Gasteiger partial charge in [-0.15, -0.1) is 0 Å². The lowest BCUT2D eigenvalue weighted by Gasteiger charge is -2.26. The third-order valence-corrected chi connectivity index (χ3v) is 4.79. The number of carbonyl (C=O) groups is 1. The molecular weight excluding hydrogens is 324 g/mol. The Morgan fingerprint density at radius 1 is 1.08 bits per heavy atom. The number of hydrogen-bond donors (Lipinski definition) is 2. The normalized spacial score (nSPS) is 15.9. The summed E-state index contributed by atoms with van der Waals surface area (Å²) >= 11 is 0. The number of hydrogen-bond acceptors (Lipinski definition) is 4. The second kappa shape index (κ2) is 6.96. The molecule has 1 aliphatic rings. The van der Waals surface area contributed by atoms with E-state index in [2.05, 4.69) is 33.5 Å². The Labute approximate surface area is 152 Å². The van der Waals surface area contributed by atoms with E-state index in [1.54, 1.807) is 12.3 Å². The van der Waals surface area contributed by atoms with Gasteiger partial charge in [0, 0.05) is 17.3 Å². The SMILES string of the molecule is Nc1nccc(-c2ccc(C(=O)NC3CCCc4ccccc43)cc2)n1. The third kappa shape index (κ3) is 3.28. The minimum atomic E-state index is -0.0551. The first-order chi connectivity index (χ1) is 12.7.